The number of carbonyl (C=O) groups is 1. The van der Waals surface area contributed by atoms with E-state index in [-0.39, 0.29) is 5.91 Å². The lowest BCUT2D eigenvalue weighted by atomic mass is 10.2. The van der Waals surface area contributed by atoms with E-state index >= 15 is 0 Å². The van der Waals surface area contributed by atoms with Gasteiger partial charge in [-0.25, -0.2) is 0 Å². The van der Waals surface area contributed by atoms with Gasteiger partial charge in [-0.2, -0.15) is 0 Å². The van der Waals surface area contributed by atoms with Crippen LogP contribution in [0, 0.1) is 12.3 Å². The van der Waals surface area contributed by atoms with Crippen LogP contribution in [-0.4, -0.2) is 48.4 Å². The highest BCUT2D eigenvalue weighted by Gasteiger charge is 2.26. The maximum absolute atomic E-state index is 12.2. The SMILES string of the molecule is C#CCN1CCN(C(=O)C(N)c2cccs2)CC1. The van der Waals surface area contributed by atoms with E-state index in [4.69, 9.17) is 12.2 Å². The molecule has 0 spiro atoms. The summed E-state index contributed by atoms with van der Waals surface area (Å²) < 4.78 is 0. The van der Waals surface area contributed by atoms with Gasteiger partial charge < -0.3 is 10.6 Å². The highest BCUT2D eigenvalue weighted by Crippen LogP contribution is 2.19. The van der Waals surface area contributed by atoms with Gasteiger partial charge in [-0.3, -0.25) is 9.69 Å². The van der Waals surface area contributed by atoms with Gasteiger partial charge in [0.25, 0.3) is 0 Å². The molecule has 0 bridgehead atoms. The monoisotopic (exact) mass is 263 g/mol. The molecule has 2 N–H and O–H groups in total. The molecule has 2 heterocycles. The molecule has 1 aliphatic heterocycles. The first-order valence-corrected chi connectivity index (χ1v) is 6.84. The summed E-state index contributed by atoms with van der Waals surface area (Å²) in [6.07, 6.45) is 5.28. The molecular formula is C13H17N3OS. The number of thiophene rings is 1. The van der Waals surface area contributed by atoms with E-state index in [1.807, 2.05) is 22.4 Å². The minimum absolute atomic E-state index is 0.0119. The molecule has 1 aliphatic rings. The molecule has 18 heavy (non-hydrogen) atoms. The number of terminal acetylenes is 1. The van der Waals surface area contributed by atoms with Gasteiger partial charge in [0.1, 0.15) is 6.04 Å². The number of amides is 1. The van der Waals surface area contributed by atoms with Crippen LogP contribution in [0.25, 0.3) is 0 Å². The molecule has 2 rings (SSSR count). The molecule has 0 aromatic carbocycles. The highest BCUT2D eigenvalue weighted by molar-refractivity contribution is 7.10. The molecule has 1 amide bonds. The predicted octanol–water partition coefficient (Wildman–Crippen LogP) is 0.525. The van der Waals surface area contributed by atoms with Crippen molar-refractivity contribution < 1.29 is 4.79 Å². The molecule has 1 atom stereocenters. The van der Waals surface area contributed by atoms with Crippen LogP contribution in [0.5, 0.6) is 0 Å². The minimum atomic E-state index is -0.524. The topological polar surface area (TPSA) is 49.6 Å². The van der Waals surface area contributed by atoms with Crippen molar-refractivity contribution >= 4 is 17.2 Å². The Kier molecular flexibility index (Phi) is 4.37. The summed E-state index contributed by atoms with van der Waals surface area (Å²) >= 11 is 1.52. The van der Waals surface area contributed by atoms with Crippen LogP contribution in [0.1, 0.15) is 10.9 Å². The second-order valence-corrected chi connectivity index (χ2v) is 5.28. The zero-order chi connectivity index (χ0) is 13.0. The van der Waals surface area contributed by atoms with Crippen molar-refractivity contribution in [2.24, 2.45) is 5.73 Å². The standard InChI is InChI=1S/C13H17N3OS/c1-2-5-15-6-8-16(9-7-15)13(17)12(14)11-4-3-10-18-11/h1,3-4,10,12H,5-9,14H2. The number of carbonyl (C=O) groups excluding carboxylic acids is 1. The van der Waals surface area contributed by atoms with Gasteiger partial charge in [-0.15, -0.1) is 17.8 Å². The summed E-state index contributed by atoms with van der Waals surface area (Å²) in [5, 5.41) is 1.94. The van der Waals surface area contributed by atoms with E-state index < -0.39 is 6.04 Å². The molecule has 5 heteroatoms. The van der Waals surface area contributed by atoms with Crippen LogP contribution in [-0.2, 0) is 4.79 Å². The lowest BCUT2D eigenvalue weighted by molar-refractivity contribution is -0.134. The number of nitrogens with zero attached hydrogens (tertiary/aromatic N) is 2. The van der Waals surface area contributed by atoms with Crippen LogP contribution in [0.2, 0.25) is 0 Å². The second-order valence-electron chi connectivity index (χ2n) is 4.30. The first kappa shape index (κ1) is 13.1. The zero-order valence-corrected chi connectivity index (χ0v) is 11.0. The highest BCUT2D eigenvalue weighted by atomic mass is 32.1. The fraction of sp³-hybridized carbons (Fsp3) is 0.462. The molecular weight excluding hydrogens is 246 g/mol. The predicted molar refractivity (Wildman–Crippen MR) is 73.1 cm³/mol. The van der Waals surface area contributed by atoms with Gasteiger partial charge in [0.05, 0.1) is 6.54 Å². The van der Waals surface area contributed by atoms with Crippen molar-refractivity contribution in [3.63, 3.8) is 0 Å². The van der Waals surface area contributed by atoms with E-state index in [1.54, 1.807) is 0 Å². The molecule has 0 aliphatic carbocycles. The van der Waals surface area contributed by atoms with Gasteiger partial charge in [0.2, 0.25) is 5.91 Å². The maximum Gasteiger partial charge on any atom is 0.245 e. The normalized spacial score (nSPS) is 18.3. The van der Waals surface area contributed by atoms with Crippen LogP contribution >= 0.6 is 11.3 Å². The van der Waals surface area contributed by atoms with Gasteiger partial charge >= 0.3 is 0 Å². The minimum Gasteiger partial charge on any atom is -0.338 e. The van der Waals surface area contributed by atoms with Crippen molar-refractivity contribution in [1.29, 1.82) is 0 Å². The van der Waals surface area contributed by atoms with E-state index in [1.165, 1.54) is 11.3 Å². The molecule has 1 aromatic rings. The number of hydrogen-bond donors (Lipinski definition) is 1. The Bertz CT molecular complexity index is 430. The summed E-state index contributed by atoms with van der Waals surface area (Å²) in [6.45, 7) is 3.72. The Morgan fingerprint density at radius 3 is 2.78 bits per heavy atom. The Balaban J connectivity index is 1.90. The third kappa shape index (κ3) is 2.91. The largest absolute Gasteiger partial charge is 0.338 e. The maximum atomic E-state index is 12.2. The molecule has 0 saturated carbocycles. The zero-order valence-electron chi connectivity index (χ0n) is 10.2. The summed E-state index contributed by atoms with van der Waals surface area (Å²) in [6, 6.07) is 3.30. The second kappa shape index (κ2) is 6.01. The number of hydrogen-bond acceptors (Lipinski definition) is 4. The Labute approximate surface area is 111 Å². The molecule has 1 fully saturated rings. The smallest absolute Gasteiger partial charge is 0.245 e. The van der Waals surface area contributed by atoms with E-state index in [2.05, 4.69) is 10.8 Å². The summed E-state index contributed by atoms with van der Waals surface area (Å²) in [7, 11) is 0. The first-order valence-electron chi connectivity index (χ1n) is 5.96. The van der Waals surface area contributed by atoms with Gasteiger partial charge in [-0.1, -0.05) is 12.0 Å². The van der Waals surface area contributed by atoms with E-state index in [0.717, 1.165) is 18.0 Å². The fourth-order valence-corrected chi connectivity index (χ4v) is 2.76. The Morgan fingerprint density at radius 2 is 2.22 bits per heavy atom. The molecule has 4 nitrogen and oxygen atoms in total. The number of rotatable bonds is 3. The van der Waals surface area contributed by atoms with Crippen molar-refractivity contribution in [3.8, 4) is 12.3 Å². The van der Waals surface area contributed by atoms with Crippen LogP contribution in [0.15, 0.2) is 17.5 Å². The molecule has 0 radical (unpaired) electrons. The lowest BCUT2D eigenvalue weighted by Crippen LogP contribution is -2.50. The summed E-state index contributed by atoms with van der Waals surface area (Å²) in [5.74, 6) is 2.64. The van der Waals surface area contributed by atoms with Gasteiger partial charge in [-0.05, 0) is 11.4 Å². The summed E-state index contributed by atoms with van der Waals surface area (Å²) in [5.41, 5.74) is 5.98. The number of piperazine rings is 1. The third-order valence-electron chi connectivity index (χ3n) is 3.11. The van der Waals surface area contributed by atoms with Crippen molar-refractivity contribution in [1.82, 2.24) is 9.80 Å². The van der Waals surface area contributed by atoms with Gasteiger partial charge in [0, 0.05) is 31.1 Å². The first-order chi connectivity index (χ1) is 8.72. The lowest BCUT2D eigenvalue weighted by Gasteiger charge is -2.34. The summed E-state index contributed by atoms with van der Waals surface area (Å²) in [4.78, 5) is 17.1. The van der Waals surface area contributed by atoms with Gasteiger partial charge in [0.15, 0.2) is 0 Å². The number of nitrogens with two attached hydrogens (primary N) is 1. The van der Waals surface area contributed by atoms with E-state index in [9.17, 15) is 4.79 Å². The Hall–Kier alpha value is -1.35. The molecule has 1 unspecified atom stereocenters. The molecule has 1 saturated heterocycles. The van der Waals surface area contributed by atoms with Crippen molar-refractivity contribution in [2.75, 3.05) is 32.7 Å². The molecule has 96 valence electrons. The quantitative estimate of drug-likeness (QED) is 0.809. The van der Waals surface area contributed by atoms with E-state index in [0.29, 0.717) is 19.6 Å². The van der Waals surface area contributed by atoms with Crippen molar-refractivity contribution in [2.45, 2.75) is 6.04 Å². The average molecular weight is 263 g/mol. The average Bonchev–Trinajstić information content (AvgIpc) is 2.92. The van der Waals surface area contributed by atoms with Crippen LogP contribution in [0.4, 0.5) is 0 Å². The van der Waals surface area contributed by atoms with Crippen LogP contribution < -0.4 is 5.73 Å². The fourth-order valence-electron chi connectivity index (χ4n) is 2.04. The van der Waals surface area contributed by atoms with Crippen molar-refractivity contribution in [3.05, 3.63) is 22.4 Å². The third-order valence-corrected chi connectivity index (χ3v) is 4.07. The Morgan fingerprint density at radius 1 is 1.50 bits per heavy atom. The van der Waals surface area contributed by atoms with Crippen LogP contribution in [0.3, 0.4) is 0 Å². The molecule has 1 aromatic heterocycles.